The number of sulfone groups is 1. The van der Waals surface area contributed by atoms with Gasteiger partial charge in [0.25, 0.3) is 0 Å². The van der Waals surface area contributed by atoms with Gasteiger partial charge in [-0.15, -0.1) is 0 Å². The molecule has 5 nitrogen and oxygen atoms in total. The van der Waals surface area contributed by atoms with Crippen LogP contribution in [0.1, 0.15) is 11.1 Å². The number of benzene rings is 3. The van der Waals surface area contributed by atoms with Crippen molar-refractivity contribution in [1.82, 2.24) is 4.57 Å². The van der Waals surface area contributed by atoms with E-state index < -0.39 is 21.4 Å². The molecule has 4 aromatic rings. The molecule has 0 radical (unpaired) electrons. The number of hydrogen-bond donors (Lipinski definition) is 1. The first kappa shape index (κ1) is 22.0. The Morgan fingerprint density at radius 1 is 1.06 bits per heavy atom. The lowest BCUT2D eigenvalue weighted by molar-refractivity contribution is -0.116. The van der Waals surface area contributed by atoms with Gasteiger partial charge in [-0.1, -0.05) is 48.0 Å². The number of carbonyl (C=O) groups excluding carboxylic acids is 1. The van der Waals surface area contributed by atoms with Gasteiger partial charge in [0.1, 0.15) is 12.4 Å². The second-order valence-electron chi connectivity index (χ2n) is 7.52. The van der Waals surface area contributed by atoms with Crippen LogP contribution in [0.5, 0.6) is 0 Å². The number of hydrogen-bond acceptors (Lipinski definition) is 3. The average Bonchev–Trinajstić information content (AvgIpc) is 3.10. The number of nitrogens with zero attached hydrogens (tertiary/aromatic N) is 1. The van der Waals surface area contributed by atoms with E-state index in [0.29, 0.717) is 16.6 Å². The third kappa shape index (κ3) is 4.54. The van der Waals surface area contributed by atoms with Crippen LogP contribution in [0.4, 0.5) is 10.1 Å². The molecule has 0 aliphatic carbocycles. The molecule has 0 spiro atoms. The maximum atomic E-state index is 14.2. The fraction of sp³-hybridized carbons (Fsp3) is 0.125. The number of rotatable bonds is 6. The Balaban J connectivity index is 1.67. The van der Waals surface area contributed by atoms with Crippen LogP contribution in [0.25, 0.3) is 10.9 Å². The molecule has 0 unspecified atom stereocenters. The van der Waals surface area contributed by atoms with Gasteiger partial charge in [-0.3, -0.25) is 4.79 Å². The van der Waals surface area contributed by atoms with Gasteiger partial charge in [0.15, 0.2) is 9.84 Å². The van der Waals surface area contributed by atoms with Crippen molar-refractivity contribution in [2.45, 2.75) is 24.1 Å². The molecule has 0 aliphatic heterocycles. The number of amides is 1. The SMILES string of the molecule is Cc1cccc(NC(=O)Cn2cc(S(=O)(=O)Cc3c(F)cccc3Cl)c3ccccc32)c1. The molecule has 164 valence electrons. The number of fused-ring (bicyclic) bond motifs is 1. The Hall–Kier alpha value is -3.16. The second-order valence-corrected chi connectivity index (χ2v) is 9.88. The van der Waals surface area contributed by atoms with Crippen molar-refractivity contribution in [2.75, 3.05) is 5.32 Å². The van der Waals surface area contributed by atoms with Gasteiger partial charge in [-0.05, 0) is 42.8 Å². The molecule has 1 heterocycles. The van der Waals surface area contributed by atoms with Crippen molar-refractivity contribution in [3.8, 4) is 0 Å². The number of carbonyl (C=O) groups is 1. The highest BCUT2D eigenvalue weighted by Crippen LogP contribution is 2.30. The number of nitrogens with one attached hydrogen (secondary N) is 1. The van der Waals surface area contributed by atoms with E-state index in [-0.39, 0.29) is 27.9 Å². The summed E-state index contributed by atoms with van der Waals surface area (Å²) in [5, 5.41) is 3.33. The Labute approximate surface area is 190 Å². The first-order chi connectivity index (χ1) is 15.2. The lowest BCUT2D eigenvalue weighted by Crippen LogP contribution is -2.18. The van der Waals surface area contributed by atoms with Crippen LogP contribution >= 0.6 is 11.6 Å². The van der Waals surface area contributed by atoms with Crippen LogP contribution in [-0.2, 0) is 26.9 Å². The van der Waals surface area contributed by atoms with Crippen molar-refractivity contribution >= 4 is 43.9 Å². The predicted octanol–water partition coefficient (Wildman–Crippen LogP) is 5.35. The van der Waals surface area contributed by atoms with Crippen LogP contribution in [0, 0.1) is 12.7 Å². The van der Waals surface area contributed by atoms with Gasteiger partial charge in [-0.2, -0.15) is 0 Å². The topological polar surface area (TPSA) is 68.2 Å². The molecule has 4 rings (SSSR count). The van der Waals surface area contributed by atoms with Crippen molar-refractivity contribution in [1.29, 1.82) is 0 Å². The Kier molecular flexibility index (Phi) is 6.04. The Bertz CT molecular complexity index is 1410. The summed E-state index contributed by atoms with van der Waals surface area (Å²) < 4.78 is 42.2. The summed E-state index contributed by atoms with van der Waals surface area (Å²) in [6.45, 7) is 1.85. The third-order valence-corrected chi connectivity index (χ3v) is 7.12. The van der Waals surface area contributed by atoms with Gasteiger partial charge < -0.3 is 9.88 Å². The lowest BCUT2D eigenvalue weighted by atomic mass is 10.2. The van der Waals surface area contributed by atoms with Crippen LogP contribution < -0.4 is 5.32 Å². The van der Waals surface area contributed by atoms with Crippen molar-refractivity contribution in [2.24, 2.45) is 0 Å². The molecule has 1 aromatic heterocycles. The summed E-state index contributed by atoms with van der Waals surface area (Å²) in [5.41, 5.74) is 2.18. The zero-order chi connectivity index (χ0) is 22.9. The standard InChI is InChI=1S/C24H20ClFN2O3S/c1-16-6-4-7-17(12-16)27-24(29)14-28-13-23(18-8-2-3-11-22(18)28)32(30,31)15-19-20(25)9-5-10-21(19)26/h2-13H,14-15H2,1H3,(H,27,29). The van der Waals surface area contributed by atoms with E-state index in [1.165, 1.54) is 24.4 Å². The van der Waals surface area contributed by atoms with Crippen LogP contribution in [0.3, 0.4) is 0 Å². The molecule has 8 heteroatoms. The van der Waals surface area contributed by atoms with E-state index in [1.807, 2.05) is 25.1 Å². The summed E-state index contributed by atoms with van der Waals surface area (Å²) in [5.74, 6) is -1.55. The molecular formula is C24H20ClFN2O3S. The van der Waals surface area contributed by atoms with Gasteiger partial charge >= 0.3 is 0 Å². The second kappa shape index (κ2) is 8.76. The quantitative estimate of drug-likeness (QED) is 0.412. The van der Waals surface area contributed by atoms with Gasteiger partial charge in [-0.25, -0.2) is 12.8 Å². The first-order valence-electron chi connectivity index (χ1n) is 9.84. The minimum Gasteiger partial charge on any atom is -0.337 e. The molecule has 0 saturated heterocycles. The molecular weight excluding hydrogens is 451 g/mol. The smallest absolute Gasteiger partial charge is 0.244 e. The minimum atomic E-state index is -3.94. The van der Waals surface area contributed by atoms with E-state index in [0.717, 1.165) is 5.56 Å². The largest absolute Gasteiger partial charge is 0.337 e. The van der Waals surface area contributed by atoms with E-state index in [4.69, 9.17) is 11.6 Å². The van der Waals surface area contributed by atoms with Crippen LogP contribution in [0.15, 0.2) is 77.8 Å². The van der Waals surface area contributed by atoms with E-state index in [9.17, 15) is 17.6 Å². The summed E-state index contributed by atoms with van der Waals surface area (Å²) in [6.07, 6.45) is 1.42. The summed E-state index contributed by atoms with van der Waals surface area (Å²) in [7, 11) is -3.94. The molecule has 3 aromatic carbocycles. The van der Waals surface area contributed by atoms with Gasteiger partial charge in [0.2, 0.25) is 5.91 Å². The molecule has 0 fully saturated rings. The maximum absolute atomic E-state index is 14.2. The molecule has 1 N–H and O–H groups in total. The van der Waals surface area contributed by atoms with E-state index in [2.05, 4.69) is 5.32 Å². The number of aryl methyl sites for hydroxylation is 1. The highest BCUT2D eigenvalue weighted by atomic mass is 35.5. The van der Waals surface area contributed by atoms with E-state index in [1.54, 1.807) is 34.9 Å². The van der Waals surface area contributed by atoms with Crippen molar-refractivity contribution < 1.29 is 17.6 Å². The van der Waals surface area contributed by atoms with Gasteiger partial charge in [0, 0.05) is 33.4 Å². The highest BCUT2D eigenvalue weighted by Gasteiger charge is 2.24. The molecule has 0 saturated carbocycles. The fourth-order valence-corrected chi connectivity index (χ4v) is 5.54. The zero-order valence-corrected chi connectivity index (χ0v) is 18.8. The van der Waals surface area contributed by atoms with Crippen molar-refractivity contribution in [3.63, 3.8) is 0 Å². The molecule has 32 heavy (non-hydrogen) atoms. The van der Waals surface area contributed by atoms with Crippen molar-refractivity contribution in [3.05, 3.63) is 94.9 Å². The molecule has 0 atom stereocenters. The Morgan fingerprint density at radius 3 is 2.56 bits per heavy atom. The van der Waals surface area contributed by atoms with Crippen LogP contribution in [-0.4, -0.2) is 18.9 Å². The number of aromatic nitrogens is 1. The summed E-state index contributed by atoms with van der Waals surface area (Å²) in [4.78, 5) is 12.7. The number of anilines is 1. The molecule has 0 bridgehead atoms. The monoisotopic (exact) mass is 470 g/mol. The number of halogens is 2. The average molecular weight is 471 g/mol. The fourth-order valence-electron chi connectivity index (χ4n) is 3.61. The lowest BCUT2D eigenvalue weighted by Gasteiger charge is -2.08. The minimum absolute atomic E-state index is 0.0239. The predicted molar refractivity (Wildman–Crippen MR) is 124 cm³/mol. The highest BCUT2D eigenvalue weighted by molar-refractivity contribution is 7.90. The zero-order valence-electron chi connectivity index (χ0n) is 17.2. The Morgan fingerprint density at radius 2 is 1.81 bits per heavy atom. The van der Waals surface area contributed by atoms with Crippen LogP contribution in [0.2, 0.25) is 5.02 Å². The summed E-state index contributed by atoms with van der Waals surface area (Å²) in [6, 6.07) is 18.3. The third-order valence-electron chi connectivity index (χ3n) is 5.10. The molecule has 1 amide bonds. The maximum Gasteiger partial charge on any atom is 0.244 e. The normalized spacial score (nSPS) is 11.6. The summed E-state index contributed by atoms with van der Waals surface area (Å²) >= 11 is 6.04. The van der Waals surface area contributed by atoms with E-state index >= 15 is 0 Å². The van der Waals surface area contributed by atoms with Gasteiger partial charge in [0.05, 0.1) is 10.6 Å². The number of para-hydroxylation sites is 1. The molecule has 0 aliphatic rings. The first-order valence-corrected chi connectivity index (χ1v) is 11.9.